The van der Waals surface area contributed by atoms with Gasteiger partial charge in [0.15, 0.2) is 0 Å². The molecule has 0 spiro atoms. The zero-order valence-corrected chi connectivity index (χ0v) is 12.3. The Labute approximate surface area is 130 Å². The smallest absolute Gasteiger partial charge is 0.408 e. The first-order valence-electron chi connectivity index (χ1n) is 7.53. The molecule has 1 saturated heterocycles. The Balaban J connectivity index is 1.62. The van der Waals surface area contributed by atoms with Crippen LogP contribution in [0.3, 0.4) is 0 Å². The van der Waals surface area contributed by atoms with Crippen LogP contribution in [0.5, 0.6) is 0 Å². The van der Waals surface area contributed by atoms with E-state index in [-0.39, 0.29) is 18.2 Å². The molecule has 3 rings (SSSR count). The van der Waals surface area contributed by atoms with Gasteiger partial charge in [0.25, 0.3) is 0 Å². The first-order valence-corrected chi connectivity index (χ1v) is 7.53. The van der Waals surface area contributed by atoms with Gasteiger partial charge in [-0.15, -0.1) is 0 Å². The van der Waals surface area contributed by atoms with Gasteiger partial charge in [-0.3, -0.25) is 0 Å². The van der Waals surface area contributed by atoms with E-state index in [0.717, 1.165) is 12.8 Å². The average Bonchev–Trinajstić information content (AvgIpc) is 2.89. The quantitative estimate of drug-likeness (QED) is 0.857. The molecule has 0 aromatic heterocycles. The largest absolute Gasteiger partial charge is 0.440 e. The van der Waals surface area contributed by atoms with Gasteiger partial charge in [0.05, 0.1) is 6.04 Å². The molecule has 22 heavy (non-hydrogen) atoms. The van der Waals surface area contributed by atoms with E-state index in [1.54, 1.807) is 0 Å². The molecule has 0 unspecified atom stereocenters. The minimum absolute atomic E-state index is 0.0121. The van der Waals surface area contributed by atoms with Gasteiger partial charge in [0.1, 0.15) is 6.10 Å². The molecule has 1 aliphatic heterocycles. The highest BCUT2D eigenvalue weighted by Gasteiger charge is 2.31. The SMILES string of the molecule is O=C1N[C@@H](Cc2ccccc2)[C@H](/C=C/Cc2ccccc2)O1. The van der Waals surface area contributed by atoms with Crippen molar-refractivity contribution in [2.24, 2.45) is 0 Å². The molecule has 2 atom stereocenters. The lowest BCUT2D eigenvalue weighted by atomic mass is 10.0. The Morgan fingerprint density at radius 2 is 1.59 bits per heavy atom. The first-order chi connectivity index (χ1) is 10.8. The first kappa shape index (κ1) is 14.4. The van der Waals surface area contributed by atoms with Crippen molar-refractivity contribution in [3.05, 3.63) is 83.9 Å². The van der Waals surface area contributed by atoms with E-state index in [4.69, 9.17) is 4.74 Å². The van der Waals surface area contributed by atoms with Crippen molar-refractivity contribution in [2.75, 3.05) is 0 Å². The Morgan fingerprint density at radius 3 is 2.27 bits per heavy atom. The van der Waals surface area contributed by atoms with Crippen LogP contribution in [0.1, 0.15) is 11.1 Å². The predicted molar refractivity (Wildman–Crippen MR) is 86.6 cm³/mol. The highest BCUT2D eigenvalue weighted by Crippen LogP contribution is 2.16. The van der Waals surface area contributed by atoms with E-state index in [1.807, 2.05) is 42.5 Å². The van der Waals surface area contributed by atoms with Gasteiger partial charge in [-0.25, -0.2) is 4.79 Å². The second-order valence-corrected chi connectivity index (χ2v) is 5.43. The number of hydrogen-bond acceptors (Lipinski definition) is 2. The lowest BCUT2D eigenvalue weighted by Gasteiger charge is -2.13. The normalized spacial score (nSPS) is 20.8. The second kappa shape index (κ2) is 6.94. The van der Waals surface area contributed by atoms with Crippen LogP contribution in [0, 0.1) is 0 Å². The lowest BCUT2D eigenvalue weighted by molar-refractivity contribution is 0.153. The number of rotatable bonds is 5. The van der Waals surface area contributed by atoms with Crippen molar-refractivity contribution in [1.29, 1.82) is 0 Å². The Bertz CT molecular complexity index is 637. The third-order valence-electron chi connectivity index (χ3n) is 3.76. The summed E-state index contributed by atoms with van der Waals surface area (Å²) in [5.41, 5.74) is 2.44. The average molecular weight is 293 g/mol. The number of cyclic esters (lactones) is 1. The van der Waals surface area contributed by atoms with Crippen molar-refractivity contribution in [1.82, 2.24) is 5.32 Å². The molecular weight excluding hydrogens is 274 g/mol. The van der Waals surface area contributed by atoms with Crippen LogP contribution in [0.4, 0.5) is 4.79 Å². The van der Waals surface area contributed by atoms with Gasteiger partial charge >= 0.3 is 6.09 Å². The fraction of sp³-hybridized carbons (Fsp3) is 0.211. The van der Waals surface area contributed by atoms with E-state index in [1.165, 1.54) is 11.1 Å². The van der Waals surface area contributed by atoms with Gasteiger partial charge in [0.2, 0.25) is 0 Å². The highest BCUT2D eigenvalue weighted by molar-refractivity contribution is 5.70. The van der Waals surface area contributed by atoms with Gasteiger partial charge in [-0.1, -0.05) is 66.7 Å². The molecule has 1 heterocycles. The summed E-state index contributed by atoms with van der Waals surface area (Å²) in [6.07, 6.45) is 5.11. The molecule has 112 valence electrons. The second-order valence-electron chi connectivity index (χ2n) is 5.43. The molecule has 0 aliphatic carbocycles. The number of benzene rings is 2. The molecule has 2 aromatic rings. The van der Waals surface area contributed by atoms with Crippen LogP contribution in [-0.2, 0) is 17.6 Å². The number of carbonyl (C=O) groups excluding carboxylic acids is 1. The summed E-state index contributed by atoms with van der Waals surface area (Å²) in [4.78, 5) is 11.5. The third kappa shape index (κ3) is 3.76. The molecule has 0 bridgehead atoms. The standard InChI is InChI=1S/C19H19NO2/c21-19-20-17(14-16-10-5-2-6-11-16)18(22-19)13-7-12-15-8-3-1-4-9-15/h1-11,13,17-18H,12,14H2,(H,20,21)/b13-7+/t17-,18-/m0/s1. The van der Waals surface area contributed by atoms with Crippen LogP contribution in [0.25, 0.3) is 0 Å². The number of carbonyl (C=O) groups is 1. The van der Waals surface area contributed by atoms with Crippen molar-refractivity contribution in [2.45, 2.75) is 25.0 Å². The van der Waals surface area contributed by atoms with Crippen LogP contribution < -0.4 is 5.32 Å². The summed E-state index contributed by atoms with van der Waals surface area (Å²) in [6.45, 7) is 0. The number of allylic oxidation sites excluding steroid dienone is 1. The Hall–Kier alpha value is -2.55. The maximum atomic E-state index is 11.5. The molecule has 2 aromatic carbocycles. The molecule has 1 N–H and O–H groups in total. The van der Waals surface area contributed by atoms with Crippen LogP contribution in [0.15, 0.2) is 72.8 Å². The molecule has 0 saturated carbocycles. The van der Waals surface area contributed by atoms with Crippen molar-refractivity contribution in [3.8, 4) is 0 Å². The number of hydrogen-bond donors (Lipinski definition) is 1. The summed E-state index contributed by atoms with van der Waals surface area (Å²) in [5, 5.41) is 2.89. The monoisotopic (exact) mass is 293 g/mol. The molecule has 1 fully saturated rings. The molecule has 3 nitrogen and oxygen atoms in total. The lowest BCUT2D eigenvalue weighted by Crippen LogP contribution is -2.32. The van der Waals surface area contributed by atoms with E-state index >= 15 is 0 Å². The van der Waals surface area contributed by atoms with Gasteiger partial charge in [-0.2, -0.15) is 0 Å². The fourth-order valence-corrected chi connectivity index (χ4v) is 2.63. The van der Waals surface area contributed by atoms with E-state index in [2.05, 4.69) is 35.7 Å². The van der Waals surface area contributed by atoms with Crippen LogP contribution >= 0.6 is 0 Å². The summed E-state index contributed by atoms with van der Waals surface area (Å²) in [7, 11) is 0. The summed E-state index contributed by atoms with van der Waals surface area (Å²) in [6, 6.07) is 20.4. The summed E-state index contributed by atoms with van der Waals surface area (Å²) < 4.78 is 5.35. The number of nitrogens with one attached hydrogen (secondary N) is 1. The fourth-order valence-electron chi connectivity index (χ4n) is 2.63. The van der Waals surface area contributed by atoms with Crippen molar-refractivity contribution in [3.63, 3.8) is 0 Å². The minimum atomic E-state index is -0.338. The van der Waals surface area contributed by atoms with Crippen LogP contribution in [-0.4, -0.2) is 18.2 Å². The third-order valence-corrected chi connectivity index (χ3v) is 3.76. The van der Waals surface area contributed by atoms with E-state index < -0.39 is 0 Å². The highest BCUT2D eigenvalue weighted by atomic mass is 16.6. The van der Waals surface area contributed by atoms with Gasteiger partial charge < -0.3 is 10.1 Å². The topological polar surface area (TPSA) is 38.3 Å². The zero-order valence-electron chi connectivity index (χ0n) is 12.3. The maximum absolute atomic E-state index is 11.5. The molecule has 1 aliphatic rings. The minimum Gasteiger partial charge on any atom is -0.440 e. The van der Waals surface area contributed by atoms with Gasteiger partial charge in [0, 0.05) is 0 Å². The van der Waals surface area contributed by atoms with E-state index in [9.17, 15) is 4.79 Å². The van der Waals surface area contributed by atoms with Crippen molar-refractivity contribution >= 4 is 6.09 Å². The Morgan fingerprint density at radius 1 is 0.955 bits per heavy atom. The molecule has 1 amide bonds. The Kier molecular flexibility index (Phi) is 4.54. The van der Waals surface area contributed by atoms with Crippen LogP contribution in [0.2, 0.25) is 0 Å². The molecule has 0 radical (unpaired) electrons. The maximum Gasteiger partial charge on any atom is 0.408 e. The molecular formula is C19H19NO2. The van der Waals surface area contributed by atoms with Gasteiger partial charge in [-0.05, 0) is 30.0 Å². The van der Waals surface area contributed by atoms with E-state index in [0.29, 0.717) is 0 Å². The predicted octanol–water partition coefficient (Wildman–Crippen LogP) is 3.51. The number of alkyl carbamates (subject to hydrolysis) is 1. The summed E-state index contributed by atoms with van der Waals surface area (Å²) in [5.74, 6) is 0. The number of amides is 1. The molecule has 3 heteroatoms. The zero-order chi connectivity index (χ0) is 15.2. The summed E-state index contributed by atoms with van der Waals surface area (Å²) >= 11 is 0. The number of ether oxygens (including phenoxy) is 1. The van der Waals surface area contributed by atoms with Crippen molar-refractivity contribution < 1.29 is 9.53 Å².